The smallest absolute Gasteiger partial charge is 0.308 e. The van der Waals surface area contributed by atoms with E-state index in [0.717, 1.165) is 36.8 Å². The topological polar surface area (TPSA) is 52.6 Å². The summed E-state index contributed by atoms with van der Waals surface area (Å²) in [4.78, 5) is 23.5. The lowest BCUT2D eigenvalue weighted by molar-refractivity contribution is -0.132. The minimum atomic E-state index is -0.477. The van der Waals surface area contributed by atoms with Crippen molar-refractivity contribution in [1.29, 1.82) is 0 Å². The minimum Gasteiger partial charge on any atom is -0.426 e. The van der Waals surface area contributed by atoms with Gasteiger partial charge in [-0.1, -0.05) is 38.0 Å². The summed E-state index contributed by atoms with van der Waals surface area (Å²) in [5.74, 6) is -1.64. The molecule has 5 heteroatoms. The van der Waals surface area contributed by atoms with Crippen molar-refractivity contribution < 1.29 is 23.5 Å². The first kappa shape index (κ1) is 21.9. The monoisotopic (exact) mass is 388 g/mol. The number of benzene rings is 1. The van der Waals surface area contributed by atoms with E-state index in [1.54, 1.807) is 12.1 Å². The summed E-state index contributed by atoms with van der Waals surface area (Å²) in [5.41, 5.74) is 2.45. The van der Waals surface area contributed by atoms with Gasteiger partial charge in [-0.3, -0.25) is 9.59 Å². The second-order valence-electron chi connectivity index (χ2n) is 7.45. The van der Waals surface area contributed by atoms with Crippen molar-refractivity contribution in [2.24, 2.45) is 5.92 Å². The third kappa shape index (κ3) is 5.54. The van der Waals surface area contributed by atoms with Crippen molar-refractivity contribution in [3.63, 3.8) is 0 Å². The molecule has 0 heterocycles. The van der Waals surface area contributed by atoms with E-state index in [9.17, 15) is 14.0 Å². The first-order valence-corrected chi connectivity index (χ1v) is 9.78. The molecule has 0 bridgehead atoms. The molecular weight excluding hydrogens is 359 g/mol. The summed E-state index contributed by atoms with van der Waals surface area (Å²) in [6, 6.07) is 3.61. The van der Waals surface area contributed by atoms with Crippen LogP contribution >= 0.6 is 0 Å². The largest absolute Gasteiger partial charge is 0.426 e. The van der Waals surface area contributed by atoms with Gasteiger partial charge < -0.3 is 9.47 Å². The molecule has 1 aromatic rings. The van der Waals surface area contributed by atoms with Crippen LogP contribution in [0.2, 0.25) is 0 Å². The van der Waals surface area contributed by atoms with Crippen LogP contribution in [0.5, 0.6) is 11.5 Å². The van der Waals surface area contributed by atoms with Gasteiger partial charge in [-0.05, 0) is 43.9 Å². The predicted molar refractivity (Wildman–Crippen MR) is 107 cm³/mol. The van der Waals surface area contributed by atoms with Crippen molar-refractivity contribution in [3.8, 4) is 11.5 Å². The maximum absolute atomic E-state index is 14.1. The van der Waals surface area contributed by atoms with E-state index >= 15 is 0 Å². The molecule has 0 amide bonds. The van der Waals surface area contributed by atoms with Gasteiger partial charge in [-0.15, -0.1) is 0 Å². The Morgan fingerprint density at radius 2 is 1.71 bits per heavy atom. The first-order chi connectivity index (χ1) is 13.2. The number of rotatable bonds is 8. The van der Waals surface area contributed by atoms with E-state index in [4.69, 9.17) is 9.47 Å². The van der Waals surface area contributed by atoms with E-state index in [1.807, 2.05) is 13.0 Å². The van der Waals surface area contributed by atoms with Crippen molar-refractivity contribution in [2.75, 3.05) is 0 Å². The number of halogens is 1. The van der Waals surface area contributed by atoms with Crippen LogP contribution in [0, 0.1) is 5.92 Å². The number of unbranched alkanes of at least 4 members (excludes halogenated alkanes) is 2. The number of aryl methyl sites for hydroxylation is 1. The fourth-order valence-electron chi connectivity index (χ4n) is 3.74. The van der Waals surface area contributed by atoms with E-state index in [0.29, 0.717) is 23.5 Å². The molecule has 1 aliphatic carbocycles. The lowest BCUT2D eigenvalue weighted by Gasteiger charge is -2.23. The molecule has 0 aromatic heterocycles. The Labute approximate surface area is 166 Å². The van der Waals surface area contributed by atoms with Gasteiger partial charge >= 0.3 is 11.9 Å². The highest BCUT2D eigenvalue weighted by Gasteiger charge is 2.35. The molecular formula is C23H29FO4. The number of hydrogen-bond acceptors (Lipinski definition) is 4. The van der Waals surface area contributed by atoms with Gasteiger partial charge in [0.2, 0.25) is 0 Å². The van der Waals surface area contributed by atoms with Crippen LogP contribution in [-0.2, 0) is 16.0 Å². The Morgan fingerprint density at radius 3 is 2.18 bits per heavy atom. The molecule has 2 atom stereocenters. The highest BCUT2D eigenvalue weighted by Crippen LogP contribution is 2.49. The zero-order chi connectivity index (χ0) is 20.8. The Hall–Kier alpha value is -2.43. The third-order valence-corrected chi connectivity index (χ3v) is 4.92. The first-order valence-electron chi connectivity index (χ1n) is 9.78. The summed E-state index contributed by atoms with van der Waals surface area (Å²) < 4.78 is 25.1. The van der Waals surface area contributed by atoms with Crippen LogP contribution in [0.1, 0.15) is 70.4 Å². The van der Waals surface area contributed by atoms with E-state index < -0.39 is 29.6 Å². The van der Waals surface area contributed by atoms with Crippen LogP contribution in [0.3, 0.4) is 0 Å². The van der Waals surface area contributed by atoms with Gasteiger partial charge in [0.1, 0.15) is 11.5 Å². The highest BCUT2D eigenvalue weighted by atomic mass is 19.1. The summed E-state index contributed by atoms with van der Waals surface area (Å²) in [7, 11) is 0. The molecule has 1 aliphatic rings. The third-order valence-electron chi connectivity index (χ3n) is 4.92. The molecule has 1 aromatic carbocycles. The normalized spacial score (nSPS) is 18.5. The molecule has 0 saturated heterocycles. The standard InChI is InChI=1S/C23H29FO4/c1-6-7-8-9-18-12-21(27-16(4)25)23(22(13-18)28-17(5)26)20-11-14(2)10-19(20)15(3)24/h11-13,19-20H,3,6-10H2,1-2,4-5H3/t19-,20+/m0/s1. The maximum atomic E-state index is 14.1. The molecule has 4 nitrogen and oxygen atoms in total. The van der Waals surface area contributed by atoms with E-state index in [-0.39, 0.29) is 0 Å². The summed E-state index contributed by atoms with van der Waals surface area (Å²) >= 11 is 0. The number of esters is 2. The number of carbonyl (C=O) groups is 2. The van der Waals surface area contributed by atoms with Gasteiger partial charge in [0.25, 0.3) is 0 Å². The number of ether oxygens (including phenoxy) is 2. The second-order valence-corrected chi connectivity index (χ2v) is 7.45. The summed E-state index contributed by atoms with van der Waals surface area (Å²) in [6.45, 7) is 10.2. The average Bonchev–Trinajstić information content (AvgIpc) is 2.95. The van der Waals surface area contributed by atoms with Gasteiger partial charge in [0.05, 0.1) is 5.83 Å². The molecule has 0 N–H and O–H groups in total. The van der Waals surface area contributed by atoms with Gasteiger partial charge in [-0.2, -0.15) is 0 Å². The number of hydrogen-bond donors (Lipinski definition) is 0. The Balaban J connectivity index is 2.60. The molecule has 0 radical (unpaired) electrons. The quantitative estimate of drug-likeness (QED) is 0.244. The molecule has 0 aliphatic heterocycles. The fraction of sp³-hybridized carbons (Fsp3) is 0.478. The lowest BCUT2D eigenvalue weighted by Crippen LogP contribution is -2.14. The highest BCUT2D eigenvalue weighted by molar-refractivity contribution is 5.73. The molecule has 0 fully saturated rings. The Kier molecular flexibility index (Phi) is 7.55. The molecule has 2 rings (SSSR count). The van der Waals surface area contributed by atoms with Crippen molar-refractivity contribution in [3.05, 3.63) is 47.3 Å². The SMILES string of the molecule is C=C(F)[C@@H]1CC(C)=C[C@H]1c1c(OC(C)=O)cc(CCCCC)cc1OC(C)=O. The molecule has 152 valence electrons. The van der Waals surface area contributed by atoms with Crippen molar-refractivity contribution in [2.45, 2.75) is 65.7 Å². The molecule has 28 heavy (non-hydrogen) atoms. The Morgan fingerprint density at radius 1 is 1.14 bits per heavy atom. The second kappa shape index (κ2) is 9.67. The van der Waals surface area contributed by atoms with Crippen molar-refractivity contribution in [1.82, 2.24) is 0 Å². The fourth-order valence-corrected chi connectivity index (χ4v) is 3.74. The van der Waals surface area contributed by atoms with Crippen LogP contribution in [0.4, 0.5) is 4.39 Å². The molecule has 0 saturated carbocycles. The average molecular weight is 388 g/mol. The van der Waals surface area contributed by atoms with Crippen LogP contribution in [0.15, 0.2) is 36.2 Å². The summed E-state index contributed by atoms with van der Waals surface area (Å²) in [5, 5.41) is 0. The van der Waals surface area contributed by atoms with E-state index in [2.05, 4.69) is 13.5 Å². The minimum absolute atomic E-state index is 0.319. The van der Waals surface area contributed by atoms with Crippen LogP contribution in [-0.4, -0.2) is 11.9 Å². The van der Waals surface area contributed by atoms with Crippen LogP contribution in [0.25, 0.3) is 0 Å². The lowest BCUT2D eigenvalue weighted by atomic mass is 9.86. The maximum Gasteiger partial charge on any atom is 0.308 e. The van der Waals surface area contributed by atoms with E-state index in [1.165, 1.54) is 13.8 Å². The zero-order valence-electron chi connectivity index (χ0n) is 17.1. The van der Waals surface area contributed by atoms with Gasteiger partial charge in [-0.25, -0.2) is 4.39 Å². The number of carbonyl (C=O) groups excluding carboxylic acids is 2. The summed E-state index contributed by atoms with van der Waals surface area (Å²) in [6.07, 6.45) is 6.36. The number of allylic oxidation sites excluding steroid dienone is 3. The molecule has 0 spiro atoms. The Bertz CT molecular complexity index is 757. The molecule has 0 unspecified atom stereocenters. The zero-order valence-corrected chi connectivity index (χ0v) is 17.1. The van der Waals surface area contributed by atoms with Gasteiger partial charge in [0.15, 0.2) is 0 Å². The predicted octanol–water partition coefficient (Wildman–Crippen LogP) is 5.80. The van der Waals surface area contributed by atoms with Gasteiger partial charge in [0, 0.05) is 31.2 Å². The van der Waals surface area contributed by atoms with Crippen LogP contribution < -0.4 is 9.47 Å². The van der Waals surface area contributed by atoms with Crippen molar-refractivity contribution >= 4 is 11.9 Å².